The molecular weight excluding hydrogens is 228 g/mol. The van der Waals surface area contributed by atoms with Crippen LogP contribution in [0.15, 0.2) is 6.07 Å². The van der Waals surface area contributed by atoms with Crippen molar-refractivity contribution in [1.29, 1.82) is 0 Å². The molecule has 2 aromatic rings. The summed E-state index contributed by atoms with van der Waals surface area (Å²) in [7, 11) is 1.92. The molecule has 0 aliphatic rings. The van der Waals surface area contributed by atoms with Crippen molar-refractivity contribution in [3.05, 3.63) is 17.5 Å². The highest BCUT2D eigenvalue weighted by Gasteiger charge is 2.13. The molecule has 2 aromatic heterocycles. The molecule has 0 atom stereocenters. The Morgan fingerprint density at radius 1 is 1.33 bits per heavy atom. The van der Waals surface area contributed by atoms with Crippen molar-refractivity contribution in [1.82, 2.24) is 19.6 Å². The lowest BCUT2D eigenvalue weighted by atomic mass is 10.4. The first-order valence-electron chi connectivity index (χ1n) is 6.13. The quantitative estimate of drug-likeness (QED) is 0.867. The highest BCUT2D eigenvalue weighted by Crippen LogP contribution is 2.25. The van der Waals surface area contributed by atoms with Gasteiger partial charge in [0.15, 0.2) is 11.6 Å². The lowest BCUT2D eigenvalue weighted by Crippen LogP contribution is -2.06. The minimum atomic E-state index is 0.687. The predicted molar refractivity (Wildman–Crippen MR) is 72.9 cm³/mol. The fraction of sp³-hybridized carbons (Fsp3) is 0.500. The van der Waals surface area contributed by atoms with E-state index in [1.54, 1.807) is 0 Å². The maximum Gasteiger partial charge on any atom is 0.153 e. The largest absolute Gasteiger partial charge is 0.394 e. The van der Waals surface area contributed by atoms with Crippen LogP contribution >= 0.6 is 0 Å². The number of hydrogen-bond donors (Lipinski definition) is 2. The molecule has 0 bridgehead atoms. The van der Waals surface area contributed by atoms with Crippen molar-refractivity contribution >= 4 is 17.3 Å². The van der Waals surface area contributed by atoms with E-state index in [4.69, 9.17) is 5.73 Å². The molecule has 6 heteroatoms. The number of aromatic nitrogens is 4. The Morgan fingerprint density at radius 3 is 2.61 bits per heavy atom. The standard InChI is InChI=1S/C12H20N6/c1-5-6-18-12(11(13)9(3)15-18)14-10-7-8(2)17(4)16-10/h7H,5-6,13H2,1-4H3,(H,14,16). The van der Waals surface area contributed by atoms with Gasteiger partial charge in [0.05, 0.1) is 11.4 Å². The third-order valence-corrected chi connectivity index (χ3v) is 2.97. The number of aryl methyl sites for hydroxylation is 4. The van der Waals surface area contributed by atoms with Crippen LogP contribution in [0.2, 0.25) is 0 Å². The minimum absolute atomic E-state index is 0.687. The van der Waals surface area contributed by atoms with Gasteiger partial charge in [-0.15, -0.1) is 0 Å². The Labute approximate surface area is 107 Å². The van der Waals surface area contributed by atoms with Crippen LogP contribution in [0.5, 0.6) is 0 Å². The molecule has 18 heavy (non-hydrogen) atoms. The van der Waals surface area contributed by atoms with Crippen LogP contribution in [-0.2, 0) is 13.6 Å². The van der Waals surface area contributed by atoms with Crippen LogP contribution in [0.25, 0.3) is 0 Å². The smallest absolute Gasteiger partial charge is 0.153 e. The van der Waals surface area contributed by atoms with Gasteiger partial charge in [0.25, 0.3) is 0 Å². The number of nitrogens with one attached hydrogen (secondary N) is 1. The van der Waals surface area contributed by atoms with Gasteiger partial charge in [-0.2, -0.15) is 10.2 Å². The molecule has 0 fully saturated rings. The minimum Gasteiger partial charge on any atom is -0.394 e. The number of nitrogens with two attached hydrogens (primary N) is 1. The molecule has 0 amide bonds. The Balaban J connectivity index is 2.32. The number of rotatable bonds is 4. The third-order valence-electron chi connectivity index (χ3n) is 2.97. The number of nitrogen functional groups attached to an aromatic ring is 1. The van der Waals surface area contributed by atoms with Crippen LogP contribution in [0, 0.1) is 13.8 Å². The summed E-state index contributed by atoms with van der Waals surface area (Å²) in [6, 6.07) is 1.98. The first-order valence-corrected chi connectivity index (χ1v) is 6.13. The topological polar surface area (TPSA) is 73.7 Å². The zero-order chi connectivity index (χ0) is 13.3. The molecule has 0 unspecified atom stereocenters. The van der Waals surface area contributed by atoms with Crippen molar-refractivity contribution in [3.8, 4) is 0 Å². The second-order valence-electron chi connectivity index (χ2n) is 4.49. The maximum absolute atomic E-state index is 6.05. The molecule has 98 valence electrons. The Morgan fingerprint density at radius 2 is 2.06 bits per heavy atom. The van der Waals surface area contributed by atoms with Gasteiger partial charge in [-0.1, -0.05) is 6.92 Å². The zero-order valence-corrected chi connectivity index (χ0v) is 11.4. The van der Waals surface area contributed by atoms with E-state index in [0.717, 1.165) is 36.0 Å². The number of hydrogen-bond acceptors (Lipinski definition) is 4. The van der Waals surface area contributed by atoms with E-state index in [0.29, 0.717) is 5.69 Å². The van der Waals surface area contributed by atoms with E-state index in [2.05, 4.69) is 22.4 Å². The number of anilines is 3. The van der Waals surface area contributed by atoms with Crippen LogP contribution in [0.4, 0.5) is 17.3 Å². The maximum atomic E-state index is 6.05. The summed E-state index contributed by atoms with van der Waals surface area (Å²) in [4.78, 5) is 0. The summed E-state index contributed by atoms with van der Waals surface area (Å²) in [5.41, 5.74) is 8.67. The zero-order valence-electron chi connectivity index (χ0n) is 11.4. The van der Waals surface area contributed by atoms with Gasteiger partial charge in [0.2, 0.25) is 0 Å². The van der Waals surface area contributed by atoms with Gasteiger partial charge in [0, 0.05) is 25.4 Å². The van der Waals surface area contributed by atoms with Crippen molar-refractivity contribution in [2.24, 2.45) is 7.05 Å². The van der Waals surface area contributed by atoms with Crippen molar-refractivity contribution in [2.75, 3.05) is 11.1 Å². The first kappa shape index (κ1) is 12.5. The molecule has 3 N–H and O–H groups in total. The highest BCUT2D eigenvalue weighted by molar-refractivity contribution is 5.69. The third kappa shape index (κ3) is 2.18. The van der Waals surface area contributed by atoms with Crippen molar-refractivity contribution in [2.45, 2.75) is 33.7 Å². The summed E-state index contributed by atoms with van der Waals surface area (Å²) >= 11 is 0. The molecule has 0 aliphatic heterocycles. The molecule has 0 saturated carbocycles. The monoisotopic (exact) mass is 248 g/mol. The van der Waals surface area contributed by atoms with Gasteiger partial charge in [-0.3, -0.25) is 4.68 Å². The molecule has 0 saturated heterocycles. The van der Waals surface area contributed by atoms with Crippen molar-refractivity contribution in [3.63, 3.8) is 0 Å². The van der Waals surface area contributed by atoms with Crippen LogP contribution in [0.1, 0.15) is 24.7 Å². The lowest BCUT2D eigenvalue weighted by Gasteiger charge is -2.07. The van der Waals surface area contributed by atoms with E-state index in [9.17, 15) is 0 Å². The van der Waals surface area contributed by atoms with Crippen LogP contribution < -0.4 is 11.1 Å². The molecule has 0 spiro atoms. The Hall–Kier alpha value is -1.98. The highest BCUT2D eigenvalue weighted by atomic mass is 15.4. The second kappa shape index (κ2) is 4.72. The van der Waals surface area contributed by atoms with E-state index in [1.165, 1.54) is 0 Å². The molecule has 2 rings (SSSR count). The van der Waals surface area contributed by atoms with Gasteiger partial charge in [-0.25, -0.2) is 4.68 Å². The lowest BCUT2D eigenvalue weighted by molar-refractivity contribution is 0.605. The van der Waals surface area contributed by atoms with Gasteiger partial charge < -0.3 is 11.1 Å². The van der Waals surface area contributed by atoms with Gasteiger partial charge in [-0.05, 0) is 20.3 Å². The molecular formula is C12H20N6. The summed E-state index contributed by atoms with van der Waals surface area (Å²) in [6.45, 7) is 6.88. The van der Waals surface area contributed by atoms with E-state index in [1.807, 2.05) is 36.3 Å². The summed E-state index contributed by atoms with van der Waals surface area (Å²) in [5, 5.41) is 12.0. The molecule has 2 heterocycles. The summed E-state index contributed by atoms with van der Waals surface area (Å²) in [6.07, 6.45) is 1.01. The average molecular weight is 248 g/mol. The SMILES string of the molecule is CCCn1nc(C)c(N)c1Nc1cc(C)n(C)n1. The van der Waals surface area contributed by atoms with Crippen molar-refractivity contribution < 1.29 is 0 Å². The summed E-state index contributed by atoms with van der Waals surface area (Å²) in [5.74, 6) is 1.62. The van der Waals surface area contributed by atoms with E-state index >= 15 is 0 Å². The van der Waals surface area contributed by atoms with Crippen LogP contribution in [-0.4, -0.2) is 19.6 Å². The van der Waals surface area contributed by atoms with E-state index in [-0.39, 0.29) is 0 Å². The average Bonchev–Trinajstić information content (AvgIpc) is 2.75. The fourth-order valence-electron chi connectivity index (χ4n) is 1.84. The van der Waals surface area contributed by atoms with Gasteiger partial charge >= 0.3 is 0 Å². The van der Waals surface area contributed by atoms with E-state index < -0.39 is 0 Å². The molecule has 0 aliphatic carbocycles. The molecule has 6 nitrogen and oxygen atoms in total. The first-order chi connectivity index (χ1) is 8.52. The predicted octanol–water partition coefficient (Wildman–Crippen LogP) is 1.97. The second-order valence-corrected chi connectivity index (χ2v) is 4.49. The number of nitrogens with zero attached hydrogens (tertiary/aromatic N) is 4. The summed E-state index contributed by atoms with van der Waals surface area (Å²) < 4.78 is 3.72. The molecule has 0 aromatic carbocycles. The Bertz CT molecular complexity index is 532. The van der Waals surface area contributed by atoms with Gasteiger partial charge in [0.1, 0.15) is 0 Å². The molecule has 0 radical (unpaired) electrons. The fourth-order valence-corrected chi connectivity index (χ4v) is 1.84. The van der Waals surface area contributed by atoms with Crippen LogP contribution in [0.3, 0.4) is 0 Å². The Kier molecular flexibility index (Phi) is 3.27. The normalized spacial score (nSPS) is 10.9.